The first-order valence-electron chi connectivity index (χ1n) is 5.02. The first-order valence-corrected chi connectivity index (χ1v) is 5.02. The fourth-order valence-electron chi connectivity index (χ4n) is 1.53. The predicted molar refractivity (Wildman–Crippen MR) is 63.8 cm³/mol. The minimum Gasteiger partial charge on any atom is -0.384 e. The van der Waals surface area contributed by atoms with Crippen LogP contribution in [0.1, 0.15) is 27.2 Å². The van der Waals surface area contributed by atoms with Crippen LogP contribution in [0.5, 0.6) is 0 Å². The minimum absolute atomic E-state index is 0.303. The zero-order valence-corrected chi connectivity index (χ0v) is 9.68. The van der Waals surface area contributed by atoms with Gasteiger partial charge in [-0.1, -0.05) is 6.92 Å². The van der Waals surface area contributed by atoms with E-state index in [1.54, 1.807) is 13.8 Å². The van der Waals surface area contributed by atoms with Gasteiger partial charge in [0.2, 0.25) is 0 Å². The second kappa shape index (κ2) is 4.62. The average Bonchev–Trinajstić information content (AvgIpc) is 2.17. The number of nitrogens with zero attached hydrogens (tertiary/aromatic N) is 2. The number of allylic oxidation sites excluding steroid dienone is 2. The quantitative estimate of drug-likeness (QED) is 0.610. The molecule has 5 heteroatoms. The van der Waals surface area contributed by atoms with E-state index in [9.17, 15) is 0 Å². The van der Waals surface area contributed by atoms with Crippen LogP contribution in [0.15, 0.2) is 27.8 Å². The Balaban J connectivity index is 3.25. The van der Waals surface area contributed by atoms with Crippen molar-refractivity contribution >= 4 is 11.4 Å². The second-order valence-electron chi connectivity index (χ2n) is 3.53. The number of hydrogen-bond donors (Lipinski definition) is 3. The van der Waals surface area contributed by atoms with Crippen molar-refractivity contribution < 1.29 is 0 Å². The summed E-state index contributed by atoms with van der Waals surface area (Å²) in [6.45, 7) is 5.39. The summed E-state index contributed by atoms with van der Waals surface area (Å²) in [7, 11) is 0. The summed E-state index contributed by atoms with van der Waals surface area (Å²) >= 11 is 0. The third-order valence-electron chi connectivity index (χ3n) is 2.37. The van der Waals surface area contributed by atoms with Gasteiger partial charge in [-0.05, 0) is 20.3 Å². The average molecular weight is 217 g/mol. The molecule has 84 valence electrons. The fraction of sp³-hybridized carbons (Fsp3) is 0.364. The van der Waals surface area contributed by atoms with Crippen LogP contribution in [-0.2, 0) is 0 Å². The van der Waals surface area contributed by atoms with Gasteiger partial charge in [-0.15, -0.1) is 0 Å². The van der Waals surface area contributed by atoms with E-state index in [-0.39, 0.29) is 0 Å². The van der Waals surface area contributed by atoms with Crippen LogP contribution in [-0.4, -0.2) is 11.4 Å². The van der Waals surface area contributed by atoms with Crippen molar-refractivity contribution in [1.29, 1.82) is 10.7 Å². The summed E-state index contributed by atoms with van der Waals surface area (Å²) in [6, 6.07) is 2.00. The number of aliphatic imine (C=N–C) groups is 1. The van der Waals surface area contributed by atoms with Gasteiger partial charge in [0.1, 0.15) is 23.3 Å². The molecule has 0 spiro atoms. The summed E-state index contributed by atoms with van der Waals surface area (Å²) in [5.74, 6) is 0.876. The standard InChI is InChI=1S/C11H15N5/c1-4-8(6(2)13)11-15-7(3)9(5-12)10(14)16-11/h13,16H,4,14H2,1-3H3/b11-8-,13-6?. The van der Waals surface area contributed by atoms with Gasteiger partial charge in [-0.2, -0.15) is 5.26 Å². The molecule has 0 aliphatic carbocycles. The Kier molecular flexibility index (Phi) is 3.46. The number of rotatable bonds is 2. The zero-order chi connectivity index (χ0) is 12.3. The summed E-state index contributed by atoms with van der Waals surface area (Å²) < 4.78 is 0. The maximum atomic E-state index is 8.86. The summed E-state index contributed by atoms with van der Waals surface area (Å²) in [4.78, 5) is 4.26. The van der Waals surface area contributed by atoms with Gasteiger partial charge in [0.25, 0.3) is 0 Å². The van der Waals surface area contributed by atoms with Gasteiger partial charge in [-0.3, -0.25) is 0 Å². The Morgan fingerprint density at radius 1 is 1.62 bits per heavy atom. The number of nitrogens with two attached hydrogens (primary N) is 1. The molecule has 0 saturated heterocycles. The topological polar surface area (TPSA) is 98.0 Å². The molecule has 16 heavy (non-hydrogen) atoms. The highest BCUT2D eigenvalue weighted by atomic mass is 15.1. The molecule has 5 nitrogen and oxygen atoms in total. The minimum atomic E-state index is 0.303. The first kappa shape index (κ1) is 12.0. The smallest absolute Gasteiger partial charge is 0.136 e. The summed E-state index contributed by atoms with van der Waals surface area (Å²) in [6.07, 6.45) is 0.698. The van der Waals surface area contributed by atoms with E-state index in [1.807, 2.05) is 13.0 Å². The number of nitrogens with one attached hydrogen (secondary N) is 2. The van der Waals surface area contributed by atoms with E-state index in [2.05, 4.69) is 10.3 Å². The molecule has 0 unspecified atom stereocenters. The lowest BCUT2D eigenvalue weighted by molar-refractivity contribution is 0.878. The Morgan fingerprint density at radius 3 is 2.62 bits per heavy atom. The molecule has 0 aromatic carbocycles. The van der Waals surface area contributed by atoms with Gasteiger partial charge < -0.3 is 16.5 Å². The van der Waals surface area contributed by atoms with Gasteiger partial charge >= 0.3 is 0 Å². The zero-order valence-electron chi connectivity index (χ0n) is 9.68. The van der Waals surface area contributed by atoms with Crippen LogP contribution in [0, 0.1) is 16.7 Å². The lowest BCUT2D eigenvalue weighted by Gasteiger charge is -2.18. The van der Waals surface area contributed by atoms with Gasteiger partial charge in [0, 0.05) is 11.3 Å². The van der Waals surface area contributed by atoms with Crippen molar-refractivity contribution in [2.45, 2.75) is 27.2 Å². The van der Waals surface area contributed by atoms with E-state index in [4.69, 9.17) is 16.4 Å². The van der Waals surface area contributed by atoms with Gasteiger partial charge in [-0.25, -0.2) is 4.99 Å². The van der Waals surface area contributed by atoms with Crippen molar-refractivity contribution in [1.82, 2.24) is 5.32 Å². The first-order chi connectivity index (χ1) is 7.51. The molecule has 0 atom stereocenters. The Morgan fingerprint density at radius 2 is 2.25 bits per heavy atom. The lowest BCUT2D eigenvalue weighted by atomic mass is 10.1. The van der Waals surface area contributed by atoms with Crippen molar-refractivity contribution in [3.63, 3.8) is 0 Å². The molecule has 0 amide bonds. The van der Waals surface area contributed by atoms with Crippen molar-refractivity contribution in [3.8, 4) is 6.07 Å². The maximum absolute atomic E-state index is 8.86. The molecule has 1 rings (SSSR count). The molecular formula is C11H15N5. The molecule has 0 saturated carbocycles. The van der Waals surface area contributed by atoms with E-state index < -0.39 is 0 Å². The van der Waals surface area contributed by atoms with Crippen LogP contribution in [0.3, 0.4) is 0 Å². The molecule has 1 heterocycles. The SMILES string of the molecule is CC/C(C(C)=N)=C1\N=C(C)C(C#N)=C(N)N1. The van der Waals surface area contributed by atoms with Crippen LogP contribution in [0.2, 0.25) is 0 Å². The second-order valence-corrected chi connectivity index (χ2v) is 3.53. The fourth-order valence-corrected chi connectivity index (χ4v) is 1.53. The normalized spacial score (nSPS) is 18.5. The Labute approximate surface area is 94.9 Å². The van der Waals surface area contributed by atoms with Gasteiger partial charge in [0.05, 0.1) is 5.71 Å². The molecular weight excluding hydrogens is 202 g/mol. The van der Waals surface area contributed by atoms with Crippen LogP contribution < -0.4 is 11.1 Å². The number of hydrogen-bond acceptors (Lipinski definition) is 5. The molecule has 0 fully saturated rings. The molecule has 0 aromatic heterocycles. The van der Waals surface area contributed by atoms with Crippen LogP contribution in [0.4, 0.5) is 0 Å². The van der Waals surface area contributed by atoms with Crippen molar-refractivity contribution in [3.05, 3.63) is 22.8 Å². The van der Waals surface area contributed by atoms with Gasteiger partial charge in [0.15, 0.2) is 0 Å². The Bertz CT molecular complexity index is 459. The summed E-state index contributed by atoms with van der Waals surface area (Å²) in [5.41, 5.74) is 7.93. The van der Waals surface area contributed by atoms with Crippen molar-refractivity contribution in [2.75, 3.05) is 0 Å². The molecule has 0 bridgehead atoms. The third-order valence-corrected chi connectivity index (χ3v) is 2.37. The monoisotopic (exact) mass is 217 g/mol. The molecule has 4 N–H and O–H groups in total. The van der Waals surface area contributed by atoms with E-state index >= 15 is 0 Å². The highest BCUT2D eigenvalue weighted by Gasteiger charge is 2.17. The van der Waals surface area contributed by atoms with Crippen molar-refractivity contribution in [2.24, 2.45) is 10.7 Å². The van der Waals surface area contributed by atoms with Crippen LogP contribution in [0.25, 0.3) is 0 Å². The maximum Gasteiger partial charge on any atom is 0.136 e. The van der Waals surface area contributed by atoms with Crippen LogP contribution >= 0.6 is 0 Å². The van der Waals surface area contributed by atoms with E-state index in [0.29, 0.717) is 35.1 Å². The highest BCUT2D eigenvalue weighted by Crippen LogP contribution is 2.16. The molecule has 0 radical (unpaired) electrons. The molecule has 1 aliphatic rings. The molecule has 1 aliphatic heterocycles. The van der Waals surface area contributed by atoms with E-state index in [1.165, 1.54) is 0 Å². The van der Waals surface area contributed by atoms with E-state index in [0.717, 1.165) is 5.57 Å². The largest absolute Gasteiger partial charge is 0.384 e. The lowest BCUT2D eigenvalue weighted by Crippen LogP contribution is -2.29. The Hall–Kier alpha value is -2.09. The third kappa shape index (κ3) is 2.11. The number of nitriles is 1. The summed E-state index contributed by atoms with van der Waals surface area (Å²) in [5, 5.41) is 19.3. The molecule has 0 aromatic rings. The highest BCUT2D eigenvalue weighted by molar-refractivity contribution is 6.04. The predicted octanol–water partition coefficient (Wildman–Crippen LogP) is 1.41.